The fourth-order valence-corrected chi connectivity index (χ4v) is 2.19. The fourth-order valence-electron chi connectivity index (χ4n) is 1.23. The van der Waals surface area contributed by atoms with Crippen LogP contribution in [0.3, 0.4) is 0 Å². The van der Waals surface area contributed by atoms with E-state index in [0.29, 0.717) is 9.90 Å². The van der Waals surface area contributed by atoms with Crippen molar-refractivity contribution in [2.75, 3.05) is 0 Å². The Bertz CT molecular complexity index is 447. The second-order valence-electron chi connectivity index (χ2n) is 2.81. The average Bonchev–Trinajstić information content (AvgIpc) is 2.49. The number of phenols is 1. The molecule has 1 aromatic heterocycles. The van der Waals surface area contributed by atoms with Crippen LogP contribution < -0.4 is 0 Å². The van der Waals surface area contributed by atoms with Gasteiger partial charge in [-0.25, -0.2) is 4.39 Å². The predicted octanol–water partition coefficient (Wildman–Crippen LogP) is 3.91. The third-order valence-corrected chi connectivity index (χ3v) is 2.98. The summed E-state index contributed by atoms with van der Waals surface area (Å²) < 4.78 is 13.5. The molecule has 0 aliphatic carbocycles. The molecule has 0 radical (unpaired) electrons. The summed E-state index contributed by atoms with van der Waals surface area (Å²) in [5.41, 5.74) is 1.33. The van der Waals surface area contributed by atoms with Gasteiger partial charge in [-0.05, 0) is 29.1 Å². The SMILES string of the molecule is Oc1cc(F)cc(-c2ccsc2Cl)c1. The summed E-state index contributed by atoms with van der Waals surface area (Å²) >= 11 is 7.27. The van der Waals surface area contributed by atoms with Gasteiger partial charge in [-0.1, -0.05) is 11.6 Å². The molecule has 0 saturated heterocycles. The lowest BCUT2D eigenvalue weighted by Gasteiger charge is -2.00. The Labute approximate surface area is 89.4 Å². The first-order valence-corrected chi connectivity index (χ1v) is 5.15. The lowest BCUT2D eigenvalue weighted by Crippen LogP contribution is -1.78. The molecular weight excluding hydrogens is 223 g/mol. The molecule has 0 unspecified atom stereocenters. The van der Waals surface area contributed by atoms with Crippen molar-refractivity contribution in [1.29, 1.82) is 0 Å². The lowest BCUT2D eigenvalue weighted by molar-refractivity contribution is 0.469. The van der Waals surface area contributed by atoms with Crippen LogP contribution in [0, 0.1) is 5.82 Å². The van der Waals surface area contributed by atoms with E-state index in [4.69, 9.17) is 11.6 Å². The summed E-state index contributed by atoms with van der Waals surface area (Å²) in [5.74, 6) is -0.565. The Hall–Kier alpha value is -1.06. The number of rotatable bonds is 1. The zero-order valence-corrected chi connectivity index (χ0v) is 8.57. The van der Waals surface area contributed by atoms with Gasteiger partial charge in [-0.15, -0.1) is 11.3 Å². The second-order valence-corrected chi connectivity index (χ2v) is 4.32. The van der Waals surface area contributed by atoms with E-state index in [-0.39, 0.29) is 5.75 Å². The van der Waals surface area contributed by atoms with Gasteiger partial charge in [-0.3, -0.25) is 0 Å². The van der Waals surface area contributed by atoms with Gasteiger partial charge in [0, 0.05) is 11.6 Å². The Morgan fingerprint density at radius 3 is 2.64 bits per heavy atom. The number of hydrogen-bond acceptors (Lipinski definition) is 2. The molecule has 0 amide bonds. The molecule has 0 spiro atoms. The molecule has 1 nitrogen and oxygen atoms in total. The van der Waals surface area contributed by atoms with Crippen molar-refractivity contribution in [3.05, 3.63) is 39.8 Å². The van der Waals surface area contributed by atoms with E-state index in [1.165, 1.54) is 23.5 Å². The molecule has 1 heterocycles. The minimum atomic E-state index is -0.470. The minimum absolute atomic E-state index is 0.0951. The molecule has 72 valence electrons. The van der Waals surface area contributed by atoms with E-state index in [9.17, 15) is 9.50 Å². The highest BCUT2D eigenvalue weighted by molar-refractivity contribution is 7.15. The van der Waals surface area contributed by atoms with Crippen LogP contribution in [0.2, 0.25) is 4.34 Å². The van der Waals surface area contributed by atoms with Crippen molar-refractivity contribution >= 4 is 22.9 Å². The van der Waals surface area contributed by atoms with E-state index in [1.807, 2.05) is 5.38 Å². The maximum atomic E-state index is 13.0. The molecular formula is C10H6ClFOS. The normalized spacial score (nSPS) is 10.4. The fraction of sp³-hybridized carbons (Fsp3) is 0. The van der Waals surface area contributed by atoms with Crippen molar-refractivity contribution in [2.24, 2.45) is 0 Å². The minimum Gasteiger partial charge on any atom is -0.508 e. The molecule has 1 aromatic carbocycles. The van der Waals surface area contributed by atoms with Gasteiger partial charge in [0.25, 0.3) is 0 Å². The molecule has 2 aromatic rings. The molecule has 4 heteroatoms. The van der Waals surface area contributed by atoms with Gasteiger partial charge in [-0.2, -0.15) is 0 Å². The average molecular weight is 229 g/mol. The molecule has 1 N–H and O–H groups in total. The lowest BCUT2D eigenvalue weighted by atomic mass is 10.1. The maximum Gasteiger partial charge on any atom is 0.127 e. The third kappa shape index (κ3) is 1.74. The summed E-state index contributed by atoms with van der Waals surface area (Å²) in [7, 11) is 0. The van der Waals surface area contributed by atoms with Crippen molar-refractivity contribution in [1.82, 2.24) is 0 Å². The van der Waals surface area contributed by atoms with E-state index in [1.54, 1.807) is 6.07 Å². The van der Waals surface area contributed by atoms with Gasteiger partial charge in [0.1, 0.15) is 15.9 Å². The molecule has 2 rings (SSSR count). The van der Waals surface area contributed by atoms with Crippen LogP contribution in [0.15, 0.2) is 29.6 Å². The third-order valence-electron chi connectivity index (χ3n) is 1.81. The van der Waals surface area contributed by atoms with Crippen LogP contribution in [0.25, 0.3) is 11.1 Å². The zero-order valence-electron chi connectivity index (χ0n) is 7.00. The van der Waals surface area contributed by atoms with Gasteiger partial charge < -0.3 is 5.11 Å². The molecule has 0 fully saturated rings. The van der Waals surface area contributed by atoms with Crippen LogP contribution in [-0.4, -0.2) is 5.11 Å². The number of halogens is 2. The topological polar surface area (TPSA) is 20.2 Å². The predicted molar refractivity (Wildman–Crippen MR) is 56.4 cm³/mol. The largest absolute Gasteiger partial charge is 0.508 e. The molecule has 14 heavy (non-hydrogen) atoms. The summed E-state index contributed by atoms with van der Waals surface area (Å²) in [6, 6.07) is 5.68. The van der Waals surface area contributed by atoms with Gasteiger partial charge >= 0.3 is 0 Å². The van der Waals surface area contributed by atoms with Crippen LogP contribution in [0.5, 0.6) is 5.75 Å². The van der Waals surface area contributed by atoms with Crippen molar-refractivity contribution in [3.63, 3.8) is 0 Å². The maximum absolute atomic E-state index is 13.0. The van der Waals surface area contributed by atoms with E-state index in [2.05, 4.69) is 0 Å². The highest BCUT2D eigenvalue weighted by atomic mass is 35.5. The van der Waals surface area contributed by atoms with E-state index < -0.39 is 5.82 Å². The molecule has 0 aliphatic heterocycles. The Morgan fingerprint density at radius 2 is 2.07 bits per heavy atom. The van der Waals surface area contributed by atoms with Crippen LogP contribution in [0.1, 0.15) is 0 Å². The second kappa shape index (κ2) is 3.59. The number of aromatic hydroxyl groups is 1. The number of phenolic OH excluding ortho intramolecular Hbond substituents is 1. The van der Waals surface area contributed by atoms with E-state index in [0.717, 1.165) is 11.6 Å². The summed E-state index contributed by atoms with van der Waals surface area (Å²) in [6.07, 6.45) is 0. The van der Waals surface area contributed by atoms with E-state index >= 15 is 0 Å². The van der Waals surface area contributed by atoms with Crippen LogP contribution in [-0.2, 0) is 0 Å². The zero-order chi connectivity index (χ0) is 10.1. The summed E-state index contributed by atoms with van der Waals surface area (Å²) in [5, 5.41) is 11.0. The first-order chi connectivity index (χ1) is 6.66. The smallest absolute Gasteiger partial charge is 0.127 e. The summed E-state index contributed by atoms with van der Waals surface area (Å²) in [6.45, 7) is 0. The Kier molecular flexibility index (Phi) is 2.44. The molecule has 0 atom stereocenters. The van der Waals surface area contributed by atoms with Gasteiger partial charge in [0.05, 0.1) is 0 Å². The van der Waals surface area contributed by atoms with Crippen LogP contribution in [0.4, 0.5) is 4.39 Å². The van der Waals surface area contributed by atoms with Crippen molar-refractivity contribution in [2.45, 2.75) is 0 Å². The van der Waals surface area contributed by atoms with Crippen molar-refractivity contribution < 1.29 is 9.50 Å². The van der Waals surface area contributed by atoms with Crippen molar-refractivity contribution in [3.8, 4) is 16.9 Å². The van der Waals surface area contributed by atoms with Gasteiger partial charge in [0.2, 0.25) is 0 Å². The Morgan fingerprint density at radius 1 is 1.29 bits per heavy atom. The summed E-state index contributed by atoms with van der Waals surface area (Å²) in [4.78, 5) is 0. The first-order valence-electron chi connectivity index (χ1n) is 3.90. The Balaban J connectivity index is 2.57. The molecule has 0 saturated carbocycles. The highest BCUT2D eigenvalue weighted by Gasteiger charge is 2.07. The van der Waals surface area contributed by atoms with Crippen LogP contribution >= 0.6 is 22.9 Å². The standard InChI is InChI=1S/C10H6ClFOS/c11-10-9(1-2-14-10)6-3-7(12)5-8(13)4-6/h1-5,13H. The number of benzene rings is 1. The molecule has 0 aliphatic rings. The molecule has 0 bridgehead atoms. The van der Waals surface area contributed by atoms with Gasteiger partial charge in [0.15, 0.2) is 0 Å². The highest BCUT2D eigenvalue weighted by Crippen LogP contribution is 2.34. The number of hydrogen-bond donors (Lipinski definition) is 1. The number of thiophene rings is 1. The quantitative estimate of drug-likeness (QED) is 0.785. The first kappa shape index (κ1) is 9.49. The monoisotopic (exact) mass is 228 g/mol.